The minimum absolute atomic E-state index is 0.345. The van der Waals surface area contributed by atoms with Gasteiger partial charge in [0.15, 0.2) is 11.5 Å². The van der Waals surface area contributed by atoms with Crippen LogP contribution in [0, 0.1) is 5.82 Å². The summed E-state index contributed by atoms with van der Waals surface area (Å²) in [6.45, 7) is 0. The molecule has 2 aromatic carbocycles. The van der Waals surface area contributed by atoms with E-state index in [4.69, 9.17) is 21.1 Å². The van der Waals surface area contributed by atoms with Crippen molar-refractivity contribution in [3.05, 3.63) is 56.8 Å². The zero-order chi connectivity index (χ0) is 15.6. The quantitative estimate of drug-likeness (QED) is 0.448. The zero-order valence-electron chi connectivity index (χ0n) is 11.3. The maximum Gasteiger partial charge on any atom is 0.161 e. The second-order valence-corrected chi connectivity index (χ2v) is 6.44. The molecule has 0 aliphatic carbocycles. The van der Waals surface area contributed by atoms with Gasteiger partial charge in [0.05, 0.1) is 24.1 Å². The van der Waals surface area contributed by atoms with Gasteiger partial charge >= 0.3 is 0 Å². The van der Waals surface area contributed by atoms with E-state index in [1.165, 1.54) is 6.07 Å². The first-order valence-electron chi connectivity index (χ1n) is 5.98. The van der Waals surface area contributed by atoms with Crippen molar-refractivity contribution in [3.63, 3.8) is 0 Å². The molecule has 0 fully saturated rings. The van der Waals surface area contributed by atoms with Crippen molar-refractivity contribution in [2.24, 2.45) is 0 Å². The van der Waals surface area contributed by atoms with E-state index in [1.807, 2.05) is 6.07 Å². The van der Waals surface area contributed by atoms with Crippen LogP contribution < -0.4 is 9.47 Å². The van der Waals surface area contributed by atoms with Crippen LogP contribution in [-0.4, -0.2) is 14.2 Å². The highest BCUT2D eigenvalue weighted by molar-refractivity contribution is 9.10. The molecule has 21 heavy (non-hydrogen) atoms. The number of hydrogen-bond donors (Lipinski definition) is 0. The Morgan fingerprint density at radius 1 is 1.10 bits per heavy atom. The number of hydrogen-bond acceptors (Lipinski definition) is 2. The number of halogens is 4. The van der Waals surface area contributed by atoms with Crippen molar-refractivity contribution in [3.8, 4) is 11.5 Å². The molecule has 0 aliphatic heterocycles. The molecule has 0 spiro atoms. The van der Waals surface area contributed by atoms with Gasteiger partial charge in [-0.05, 0) is 45.8 Å². The summed E-state index contributed by atoms with van der Waals surface area (Å²) in [7, 11) is 3.12. The molecule has 0 radical (unpaired) electrons. The Morgan fingerprint density at radius 3 is 2.38 bits per heavy atom. The second-order valence-electron chi connectivity index (χ2n) is 4.26. The fourth-order valence-electron chi connectivity index (χ4n) is 1.92. The van der Waals surface area contributed by atoms with Gasteiger partial charge in [-0.3, -0.25) is 0 Å². The fraction of sp³-hybridized carbons (Fsp3) is 0.200. The van der Waals surface area contributed by atoms with Crippen molar-refractivity contribution in [2.75, 3.05) is 14.2 Å². The summed E-state index contributed by atoms with van der Waals surface area (Å²) in [5.74, 6) is 0.862. The molecule has 0 heterocycles. The minimum atomic E-state index is -0.345. The molecule has 0 saturated carbocycles. The molecule has 0 aliphatic rings. The smallest absolute Gasteiger partial charge is 0.161 e. The van der Waals surface area contributed by atoms with Crippen molar-refractivity contribution < 1.29 is 13.9 Å². The van der Waals surface area contributed by atoms with Crippen LogP contribution in [0.5, 0.6) is 11.5 Å². The van der Waals surface area contributed by atoms with Crippen LogP contribution in [0.1, 0.15) is 16.0 Å². The van der Waals surface area contributed by atoms with Gasteiger partial charge in [0, 0.05) is 10.0 Å². The lowest BCUT2D eigenvalue weighted by Gasteiger charge is -2.15. The third kappa shape index (κ3) is 3.52. The lowest BCUT2D eigenvalue weighted by Crippen LogP contribution is -1.99. The number of alkyl halides is 1. The first-order valence-corrected chi connectivity index (χ1v) is 8.07. The van der Waals surface area contributed by atoms with E-state index in [1.54, 1.807) is 32.4 Å². The normalized spacial score (nSPS) is 12.1. The van der Waals surface area contributed by atoms with Gasteiger partial charge in [0.2, 0.25) is 0 Å². The molecule has 0 saturated heterocycles. The maximum absolute atomic E-state index is 14.1. The highest BCUT2D eigenvalue weighted by Crippen LogP contribution is 2.39. The third-order valence-electron chi connectivity index (χ3n) is 3.01. The van der Waals surface area contributed by atoms with Gasteiger partial charge in [-0.25, -0.2) is 4.39 Å². The molecule has 112 valence electrons. The Morgan fingerprint density at radius 2 is 1.76 bits per heavy atom. The van der Waals surface area contributed by atoms with Gasteiger partial charge in [0.1, 0.15) is 5.82 Å². The van der Waals surface area contributed by atoms with Gasteiger partial charge in [-0.2, -0.15) is 0 Å². The molecule has 2 aromatic rings. The van der Waals surface area contributed by atoms with Crippen LogP contribution in [0.25, 0.3) is 0 Å². The Balaban J connectivity index is 2.45. The van der Waals surface area contributed by atoms with E-state index in [2.05, 4.69) is 31.9 Å². The van der Waals surface area contributed by atoms with E-state index in [9.17, 15) is 4.39 Å². The standard InChI is InChI=1S/C15H12Br2ClFO2/c1-20-13-4-3-8(5-14(13)21-2)15(17)9-6-11(18)10(16)7-12(9)19/h3-7,15H,1-2H3. The molecular formula is C15H12Br2ClFO2. The number of benzene rings is 2. The number of rotatable bonds is 4. The third-order valence-corrected chi connectivity index (χ3v) is 5.23. The van der Waals surface area contributed by atoms with E-state index >= 15 is 0 Å². The molecule has 6 heteroatoms. The SMILES string of the molecule is COc1ccc(C(Br)c2cc(Cl)c(Br)cc2F)cc1OC. The summed E-state index contributed by atoms with van der Waals surface area (Å²) in [6.07, 6.45) is 0. The average Bonchev–Trinajstić information content (AvgIpc) is 2.49. The van der Waals surface area contributed by atoms with Crippen LogP contribution in [0.2, 0.25) is 5.02 Å². The summed E-state index contributed by atoms with van der Waals surface area (Å²) >= 11 is 12.8. The number of ether oxygens (including phenoxy) is 2. The Labute approximate surface area is 144 Å². The van der Waals surface area contributed by atoms with Crippen molar-refractivity contribution in [1.29, 1.82) is 0 Å². The molecule has 0 bridgehead atoms. The van der Waals surface area contributed by atoms with E-state index in [0.29, 0.717) is 26.6 Å². The first kappa shape index (κ1) is 16.6. The van der Waals surface area contributed by atoms with Crippen LogP contribution in [-0.2, 0) is 0 Å². The van der Waals surface area contributed by atoms with Crippen LogP contribution in [0.15, 0.2) is 34.8 Å². The van der Waals surface area contributed by atoms with E-state index in [-0.39, 0.29) is 10.6 Å². The second kappa shape index (κ2) is 6.99. The largest absolute Gasteiger partial charge is 0.493 e. The van der Waals surface area contributed by atoms with Crippen molar-refractivity contribution >= 4 is 43.5 Å². The lowest BCUT2D eigenvalue weighted by molar-refractivity contribution is 0.354. The molecule has 2 nitrogen and oxygen atoms in total. The molecular weight excluding hydrogens is 426 g/mol. The predicted octanol–water partition coefficient (Wildman–Crippen LogP) is 5.74. The number of methoxy groups -OCH3 is 2. The highest BCUT2D eigenvalue weighted by atomic mass is 79.9. The molecule has 0 aromatic heterocycles. The van der Waals surface area contributed by atoms with Crippen LogP contribution >= 0.6 is 43.5 Å². The fourth-order valence-corrected chi connectivity index (χ4v) is 3.05. The average molecular weight is 439 g/mol. The Kier molecular flexibility index (Phi) is 5.52. The molecule has 1 unspecified atom stereocenters. The van der Waals surface area contributed by atoms with E-state index in [0.717, 1.165) is 5.56 Å². The summed E-state index contributed by atoms with van der Waals surface area (Å²) in [4.78, 5) is -0.345. The minimum Gasteiger partial charge on any atom is -0.493 e. The van der Waals surface area contributed by atoms with Crippen molar-refractivity contribution in [2.45, 2.75) is 4.83 Å². The molecule has 0 N–H and O–H groups in total. The highest BCUT2D eigenvalue weighted by Gasteiger charge is 2.18. The maximum atomic E-state index is 14.1. The predicted molar refractivity (Wildman–Crippen MR) is 89.4 cm³/mol. The molecule has 0 amide bonds. The molecule has 1 atom stereocenters. The summed E-state index contributed by atoms with van der Waals surface area (Å²) < 4.78 is 25.1. The van der Waals surface area contributed by atoms with Gasteiger partial charge in [0.25, 0.3) is 0 Å². The summed E-state index contributed by atoms with van der Waals surface area (Å²) in [5, 5.41) is 0.455. The summed E-state index contributed by atoms with van der Waals surface area (Å²) in [5.41, 5.74) is 1.29. The summed E-state index contributed by atoms with van der Waals surface area (Å²) in [6, 6.07) is 8.37. The monoisotopic (exact) mass is 436 g/mol. The van der Waals surface area contributed by atoms with E-state index < -0.39 is 0 Å². The van der Waals surface area contributed by atoms with Gasteiger partial charge in [-0.15, -0.1) is 0 Å². The zero-order valence-corrected chi connectivity index (χ0v) is 15.2. The first-order chi connectivity index (χ1) is 9.97. The van der Waals surface area contributed by atoms with Crippen molar-refractivity contribution in [1.82, 2.24) is 0 Å². The molecule has 2 rings (SSSR count). The van der Waals surface area contributed by atoms with Crippen LogP contribution in [0.3, 0.4) is 0 Å². The Hall–Kier alpha value is -0.780. The topological polar surface area (TPSA) is 18.5 Å². The lowest BCUT2D eigenvalue weighted by atomic mass is 10.0. The Bertz CT molecular complexity index is 664. The van der Waals surface area contributed by atoms with Gasteiger partial charge in [-0.1, -0.05) is 33.6 Å². The van der Waals surface area contributed by atoms with Gasteiger partial charge < -0.3 is 9.47 Å². The van der Waals surface area contributed by atoms with Crippen LogP contribution in [0.4, 0.5) is 4.39 Å².